The molecular formula is C16H21ClN2O7. The molecule has 0 saturated heterocycles. The van der Waals surface area contributed by atoms with E-state index < -0.39 is 28.6 Å². The number of ether oxygens (including phenoxy) is 3. The van der Waals surface area contributed by atoms with Crippen LogP contribution in [0.1, 0.15) is 26.3 Å². The summed E-state index contributed by atoms with van der Waals surface area (Å²) < 4.78 is 14.9. The predicted octanol–water partition coefficient (Wildman–Crippen LogP) is 2.87. The van der Waals surface area contributed by atoms with E-state index in [4.69, 9.17) is 25.8 Å². The molecule has 1 aromatic rings. The van der Waals surface area contributed by atoms with E-state index >= 15 is 0 Å². The van der Waals surface area contributed by atoms with Gasteiger partial charge in [-0.05, 0) is 32.4 Å². The van der Waals surface area contributed by atoms with Gasteiger partial charge in [0.15, 0.2) is 0 Å². The zero-order valence-electron chi connectivity index (χ0n) is 15.1. The van der Waals surface area contributed by atoms with Crippen LogP contribution in [0.3, 0.4) is 0 Å². The van der Waals surface area contributed by atoms with Crippen LogP contribution in [0, 0.1) is 10.1 Å². The number of nitro benzene ring substituents is 1. The summed E-state index contributed by atoms with van der Waals surface area (Å²) in [5.41, 5.74) is -0.699. The number of hydrogen-bond acceptors (Lipinski definition) is 7. The highest BCUT2D eigenvalue weighted by atomic mass is 35.5. The van der Waals surface area contributed by atoms with Gasteiger partial charge in [-0.15, -0.1) is 0 Å². The molecule has 1 N–H and O–H groups in total. The van der Waals surface area contributed by atoms with Crippen LogP contribution in [0.4, 0.5) is 10.5 Å². The lowest BCUT2D eigenvalue weighted by molar-refractivity contribution is -0.384. The van der Waals surface area contributed by atoms with Crippen LogP contribution in [0.2, 0.25) is 5.02 Å². The standard InChI is InChI=1S/C16H21ClN2O7/c1-16(2,3)26-15(21)18-11(14(20)25-5)7-9-6-10(17)12(19(22)23)8-13(9)24-4/h6,8,11H,7H2,1-5H3,(H,18,21)/t11-/m0/s1. The average Bonchev–Trinajstić information content (AvgIpc) is 2.51. The minimum absolute atomic E-state index is 0.0627. The molecule has 26 heavy (non-hydrogen) atoms. The number of amides is 1. The van der Waals surface area contributed by atoms with Crippen molar-refractivity contribution in [3.05, 3.63) is 32.8 Å². The fourth-order valence-electron chi connectivity index (χ4n) is 2.08. The number of hydrogen-bond donors (Lipinski definition) is 1. The Morgan fingerprint density at radius 3 is 2.38 bits per heavy atom. The van der Waals surface area contributed by atoms with Gasteiger partial charge in [0, 0.05) is 6.42 Å². The van der Waals surface area contributed by atoms with E-state index in [0.29, 0.717) is 5.56 Å². The van der Waals surface area contributed by atoms with E-state index in [1.807, 2.05) is 0 Å². The first-order chi connectivity index (χ1) is 12.0. The molecule has 0 aliphatic rings. The number of methoxy groups -OCH3 is 2. The van der Waals surface area contributed by atoms with Crippen LogP contribution >= 0.6 is 11.6 Å². The summed E-state index contributed by atoms with van der Waals surface area (Å²) in [4.78, 5) is 34.3. The van der Waals surface area contributed by atoms with Crippen LogP contribution in [0.25, 0.3) is 0 Å². The third-order valence-corrected chi connectivity index (χ3v) is 3.45. The number of carbonyl (C=O) groups is 2. The first kappa shape index (κ1) is 21.5. The first-order valence-corrected chi connectivity index (χ1v) is 7.94. The van der Waals surface area contributed by atoms with E-state index in [0.717, 1.165) is 6.07 Å². The van der Waals surface area contributed by atoms with E-state index in [1.54, 1.807) is 20.8 Å². The van der Waals surface area contributed by atoms with Crippen LogP contribution in [0.5, 0.6) is 5.75 Å². The maximum Gasteiger partial charge on any atom is 0.408 e. The topological polar surface area (TPSA) is 117 Å². The molecule has 0 spiro atoms. The Morgan fingerprint density at radius 1 is 1.31 bits per heavy atom. The summed E-state index contributed by atoms with van der Waals surface area (Å²) in [5, 5.41) is 13.3. The molecule has 1 rings (SSSR count). The molecule has 9 nitrogen and oxygen atoms in total. The van der Waals surface area contributed by atoms with E-state index in [2.05, 4.69) is 5.32 Å². The second-order valence-electron chi connectivity index (χ2n) is 6.30. The molecule has 1 atom stereocenters. The first-order valence-electron chi connectivity index (χ1n) is 7.56. The molecule has 10 heteroatoms. The van der Waals surface area contributed by atoms with Crippen molar-refractivity contribution in [1.82, 2.24) is 5.32 Å². The van der Waals surface area contributed by atoms with Crippen LogP contribution in [0.15, 0.2) is 12.1 Å². The number of halogens is 1. The zero-order chi connectivity index (χ0) is 20.1. The van der Waals surface area contributed by atoms with Crippen molar-refractivity contribution in [2.45, 2.75) is 38.8 Å². The lowest BCUT2D eigenvalue weighted by Crippen LogP contribution is -2.45. The molecule has 0 radical (unpaired) electrons. The van der Waals surface area contributed by atoms with Gasteiger partial charge in [0.05, 0.1) is 25.2 Å². The number of benzene rings is 1. The maximum absolute atomic E-state index is 12.0. The predicted molar refractivity (Wildman–Crippen MR) is 93.5 cm³/mol. The SMILES string of the molecule is COC(=O)[C@H](Cc1cc(Cl)c([N+](=O)[O-])cc1OC)NC(=O)OC(C)(C)C. The summed E-state index contributed by atoms with van der Waals surface area (Å²) in [7, 11) is 2.50. The van der Waals surface area contributed by atoms with E-state index in [-0.39, 0.29) is 22.9 Å². The van der Waals surface area contributed by atoms with Crippen molar-refractivity contribution < 1.29 is 28.7 Å². The van der Waals surface area contributed by atoms with Gasteiger partial charge in [0.2, 0.25) is 0 Å². The van der Waals surface area contributed by atoms with Gasteiger partial charge < -0.3 is 19.5 Å². The Bertz CT molecular complexity index is 701. The monoisotopic (exact) mass is 388 g/mol. The van der Waals surface area contributed by atoms with Crippen molar-refractivity contribution in [2.75, 3.05) is 14.2 Å². The number of nitrogens with one attached hydrogen (secondary N) is 1. The molecule has 0 aromatic heterocycles. The van der Waals surface area contributed by atoms with Crippen LogP contribution in [-0.4, -0.2) is 42.8 Å². The minimum atomic E-state index is -1.10. The van der Waals surface area contributed by atoms with Crippen molar-refractivity contribution in [2.24, 2.45) is 0 Å². The van der Waals surface area contributed by atoms with Crippen molar-refractivity contribution in [3.63, 3.8) is 0 Å². The van der Waals surface area contributed by atoms with Gasteiger partial charge in [-0.1, -0.05) is 11.6 Å². The zero-order valence-corrected chi connectivity index (χ0v) is 15.9. The van der Waals surface area contributed by atoms with Gasteiger partial charge in [0.1, 0.15) is 22.4 Å². The fourth-order valence-corrected chi connectivity index (χ4v) is 2.33. The molecule has 1 amide bonds. The summed E-state index contributed by atoms with van der Waals surface area (Å²) in [6, 6.07) is 1.37. The molecule has 0 aliphatic carbocycles. The number of carbonyl (C=O) groups excluding carboxylic acids is 2. The second kappa shape index (κ2) is 8.70. The summed E-state index contributed by atoms with van der Waals surface area (Å²) >= 11 is 5.92. The third kappa shape index (κ3) is 6.07. The van der Waals surface area contributed by atoms with Gasteiger partial charge in [-0.3, -0.25) is 10.1 Å². The summed E-state index contributed by atoms with van der Waals surface area (Å²) in [6.45, 7) is 5.04. The van der Waals surface area contributed by atoms with E-state index in [9.17, 15) is 19.7 Å². The van der Waals surface area contributed by atoms with Gasteiger partial charge in [-0.25, -0.2) is 9.59 Å². The molecule has 0 fully saturated rings. The number of alkyl carbamates (subject to hydrolysis) is 1. The van der Waals surface area contributed by atoms with Gasteiger partial charge in [0.25, 0.3) is 5.69 Å². The Labute approximate surface area is 155 Å². The average molecular weight is 389 g/mol. The van der Waals surface area contributed by atoms with Crippen molar-refractivity contribution >= 4 is 29.4 Å². The second-order valence-corrected chi connectivity index (χ2v) is 6.71. The van der Waals surface area contributed by atoms with Crippen LogP contribution < -0.4 is 10.1 Å². The minimum Gasteiger partial charge on any atom is -0.496 e. The Balaban J connectivity index is 3.12. The molecule has 0 bridgehead atoms. The molecule has 144 valence electrons. The molecule has 0 saturated carbocycles. The summed E-state index contributed by atoms with van der Waals surface area (Å²) in [5.74, 6) is -0.562. The van der Waals surface area contributed by atoms with Crippen molar-refractivity contribution in [1.29, 1.82) is 0 Å². The largest absolute Gasteiger partial charge is 0.496 e. The van der Waals surface area contributed by atoms with Gasteiger partial charge >= 0.3 is 12.1 Å². The van der Waals surface area contributed by atoms with Gasteiger partial charge in [-0.2, -0.15) is 0 Å². The Morgan fingerprint density at radius 2 is 1.92 bits per heavy atom. The molecule has 0 heterocycles. The smallest absolute Gasteiger partial charge is 0.408 e. The summed E-state index contributed by atoms with van der Waals surface area (Å²) in [6.07, 6.45) is -0.868. The number of nitrogens with zero attached hydrogens (tertiary/aromatic N) is 1. The highest BCUT2D eigenvalue weighted by molar-refractivity contribution is 6.32. The highest BCUT2D eigenvalue weighted by Crippen LogP contribution is 2.33. The third-order valence-electron chi connectivity index (χ3n) is 3.15. The number of esters is 1. The lowest BCUT2D eigenvalue weighted by atomic mass is 10.0. The molecule has 1 aromatic carbocycles. The maximum atomic E-state index is 12.0. The number of rotatable bonds is 6. The highest BCUT2D eigenvalue weighted by Gasteiger charge is 2.27. The van der Waals surface area contributed by atoms with E-state index in [1.165, 1.54) is 20.3 Å². The van der Waals surface area contributed by atoms with Crippen LogP contribution in [-0.2, 0) is 20.7 Å². The van der Waals surface area contributed by atoms with Crippen molar-refractivity contribution in [3.8, 4) is 5.75 Å². The molecule has 0 unspecified atom stereocenters. The quantitative estimate of drug-likeness (QED) is 0.452. The fraction of sp³-hybridized carbons (Fsp3) is 0.500. The molecule has 0 aliphatic heterocycles. The number of nitro groups is 1. The Hall–Kier alpha value is -2.55. The Kier molecular flexibility index (Phi) is 7.19. The normalized spacial score (nSPS) is 12.1. The molecular weight excluding hydrogens is 368 g/mol. The lowest BCUT2D eigenvalue weighted by Gasteiger charge is -2.23.